The van der Waals surface area contributed by atoms with E-state index in [1.807, 2.05) is 0 Å². The lowest BCUT2D eigenvalue weighted by atomic mass is 10.1. The summed E-state index contributed by atoms with van der Waals surface area (Å²) in [6.45, 7) is 0. The summed E-state index contributed by atoms with van der Waals surface area (Å²) in [5, 5.41) is 6.28. The second-order valence-electron chi connectivity index (χ2n) is 4.50. The van der Waals surface area contributed by atoms with E-state index in [1.54, 1.807) is 18.2 Å². The fraction of sp³-hybridized carbons (Fsp3) is 0.250. The van der Waals surface area contributed by atoms with Crippen LogP contribution in [0.4, 0.5) is 11.4 Å². The van der Waals surface area contributed by atoms with Gasteiger partial charge in [0.15, 0.2) is 0 Å². The SMILES string of the molecule is CS(=O)(=O)Nc1cccc(NC(=O)C2=NNC(=O)CC2)c1. The highest BCUT2D eigenvalue weighted by Gasteiger charge is 2.18. The lowest BCUT2D eigenvalue weighted by Gasteiger charge is -2.12. The molecule has 0 aliphatic carbocycles. The van der Waals surface area contributed by atoms with E-state index in [4.69, 9.17) is 0 Å². The molecule has 0 atom stereocenters. The average molecular weight is 310 g/mol. The Morgan fingerprint density at radius 2 is 2.00 bits per heavy atom. The Morgan fingerprint density at radius 1 is 1.29 bits per heavy atom. The van der Waals surface area contributed by atoms with Gasteiger partial charge in [0.1, 0.15) is 5.71 Å². The van der Waals surface area contributed by atoms with Crippen molar-refractivity contribution >= 4 is 38.9 Å². The topological polar surface area (TPSA) is 117 Å². The highest BCUT2D eigenvalue weighted by Crippen LogP contribution is 2.16. The fourth-order valence-electron chi connectivity index (χ4n) is 1.72. The molecule has 1 aromatic rings. The van der Waals surface area contributed by atoms with E-state index in [1.165, 1.54) is 6.07 Å². The van der Waals surface area contributed by atoms with Crippen LogP contribution in [0.2, 0.25) is 0 Å². The van der Waals surface area contributed by atoms with Crippen molar-refractivity contribution in [2.24, 2.45) is 5.10 Å². The second-order valence-corrected chi connectivity index (χ2v) is 6.25. The summed E-state index contributed by atoms with van der Waals surface area (Å²) in [4.78, 5) is 22.9. The molecule has 0 saturated heterocycles. The van der Waals surface area contributed by atoms with Crippen LogP contribution in [-0.4, -0.2) is 32.2 Å². The van der Waals surface area contributed by atoms with Crippen LogP contribution in [0, 0.1) is 0 Å². The van der Waals surface area contributed by atoms with E-state index in [0.29, 0.717) is 11.4 Å². The van der Waals surface area contributed by atoms with Gasteiger partial charge in [-0.15, -0.1) is 0 Å². The zero-order valence-electron chi connectivity index (χ0n) is 11.2. The number of nitrogens with zero attached hydrogens (tertiary/aromatic N) is 1. The molecule has 8 nitrogen and oxygen atoms in total. The Hall–Kier alpha value is -2.42. The molecule has 0 fully saturated rings. The number of hydrogen-bond donors (Lipinski definition) is 3. The number of carbonyl (C=O) groups is 2. The van der Waals surface area contributed by atoms with Crippen molar-refractivity contribution in [1.29, 1.82) is 0 Å². The predicted molar refractivity (Wildman–Crippen MR) is 78.3 cm³/mol. The molecule has 0 spiro atoms. The third kappa shape index (κ3) is 4.56. The molecule has 0 saturated carbocycles. The van der Waals surface area contributed by atoms with Gasteiger partial charge in [0.05, 0.1) is 11.9 Å². The molecule has 1 aromatic carbocycles. The quantitative estimate of drug-likeness (QED) is 0.739. The summed E-state index contributed by atoms with van der Waals surface area (Å²) < 4.78 is 24.6. The molecule has 0 aromatic heterocycles. The molecule has 1 aliphatic rings. The van der Waals surface area contributed by atoms with Crippen LogP contribution in [-0.2, 0) is 19.6 Å². The first-order valence-corrected chi connectivity index (χ1v) is 7.97. The first-order chi connectivity index (χ1) is 9.83. The van der Waals surface area contributed by atoms with E-state index in [0.717, 1.165) is 6.26 Å². The molecule has 3 N–H and O–H groups in total. The van der Waals surface area contributed by atoms with E-state index >= 15 is 0 Å². The van der Waals surface area contributed by atoms with Crippen LogP contribution in [0.25, 0.3) is 0 Å². The maximum absolute atomic E-state index is 11.9. The van der Waals surface area contributed by atoms with Crippen LogP contribution in [0.15, 0.2) is 29.4 Å². The Kier molecular flexibility index (Phi) is 4.22. The molecule has 0 radical (unpaired) electrons. The average Bonchev–Trinajstić information content (AvgIpc) is 2.37. The molecular weight excluding hydrogens is 296 g/mol. The van der Waals surface area contributed by atoms with Crippen LogP contribution in [0.5, 0.6) is 0 Å². The number of hydrazone groups is 1. The van der Waals surface area contributed by atoms with Gasteiger partial charge in [-0.1, -0.05) is 6.07 Å². The standard InChI is InChI=1S/C12H14N4O4S/c1-21(19,20)16-9-4-2-3-8(7-9)13-12(18)10-5-6-11(17)15-14-10/h2-4,7,16H,5-6H2,1H3,(H,13,18)(H,15,17). The third-order valence-corrected chi connectivity index (χ3v) is 3.20. The van der Waals surface area contributed by atoms with Crippen molar-refractivity contribution in [2.45, 2.75) is 12.8 Å². The molecule has 112 valence electrons. The molecule has 2 amide bonds. The van der Waals surface area contributed by atoms with Gasteiger partial charge in [-0.2, -0.15) is 5.10 Å². The van der Waals surface area contributed by atoms with Crippen molar-refractivity contribution < 1.29 is 18.0 Å². The summed E-state index contributed by atoms with van der Waals surface area (Å²) in [6.07, 6.45) is 1.51. The number of hydrogen-bond acceptors (Lipinski definition) is 5. The molecular formula is C12H14N4O4S. The van der Waals surface area contributed by atoms with Crippen LogP contribution < -0.4 is 15.5 Å². The predicted octanol–water partition coefficient (Wildman–Crippen LogP) is 0.263. The highest BCUT2D eigenvalue weighted by atomic mass is 32.2. The number of benzene rings is 1. The number of rotatable bonds is 4. The second kappa shape index (κ2) is 5.92. The molecule has 1 aliphatic heterocycles. The van der Waals surface area contributed by atoms with Gasteiger partial charge < -0.3 is 5.32 Å². The zero-order valence-corrected chi connectivity index (χ0v) is 12.0. The van der Waals surface area contributed by atoms with Crippen LogP contribution >= 0.6 is 0 Å². The van der Waals surface area contributed by atoms with Crippen LogP contribution in [0.3, 0.4) is 0 Å². The van der Waals surface area contributed by atoms with E-state index in [9.17, 15) is 18.0 Å². The van der Waals surface area contributed by atoms with Gasteiger partial charge in [-0.3, -0.25) is 14.3 Å². The first kappa shape index (κ1) is 15.0. The maximum Gasteiger partial charge on any atom is 0.271 e. The van der Waals surface area contributed by atoms with Gasteiger partial charge >= 0.3 is 0 Å². The summed E-state index contributed by atoms with van der Waals surface area (Å²) >= 11 is 0. The van der Waals surface area contributed by atoms with E-state index in [-0.39, 0.29) is 24.5 Å². The number of amides is 2. The summed E-state index contributed by atoms with van der Waals surface area (Å²) in [6, 6.07) is 6.27. The minimum absolute atomic E-state index is 0.210. The molecule has 9 heteroatoms. The van der Waals surface area contributed by atoms with E-state index in [2.05, 4.69) is 20.6 Å². The number of nitrogens with one attached hydrogen (secondary N) is 3. The highest BCUT2D eigenvalue weighted by molar-refractivity contribution is 7.92. The molecule has 1 heterocycles. The summed E-state index contributed by atoms with van der Waals surface area (Å²) in [7, 11) is -3.38. The number of anilines is 2. The molecule has 2 rings (SSSR count). The largest absolute Gasteiger partial charge is 0.321 e. The first-order valence-electron chi connectivity index (χ1n) is 6.08. The smallest absolute Gasteiger partial charge is 0.271 e. The normalized spacial score (nSPS) is 14.9. The van der Waals surface area contributed by atoms with Gasteiger partial charge in [-0.05, 0) is 18.2 Å². The van der Waals surface area contributed by atoms with Gasteiger partial charge in [0.25, 0.3) is 5.91 Å². The lowest BCUT2D eigenvalue weighted by molar-refractivity contribution is -0.121. The van der Waals surface area contributed by atoms with Crippen molar-refractivity contribution in [2.75, 3.05) is 16.3 Å². The Bertz CT molecular complexity index is 712. The molecule has 0 bridgehead atoms. The third-order valence-electron chi connectivity index (χ3n) is 2.59. The molecule has 21 heavy (non-hydrogen) atoms. The summed E-state index contributed by atoms with van der Waals surface area (Å²) in [5.74, 6) is -0.669. The van der Waals surface area contributed by atoms with Gasteiger partial charge in [-0.25, -0.2) is 13.8 Å². The zero-order chi connectivity index (χ0) is 15.5. The number of sulfonamides is 1. The Morgan fingerprint density at radius 3 is 2.62 bits per heavy atom. The summed E-state index contributed by atoms with van der Waals surface area (Å²) in [5.41, 5.74) is 3.22. The molecule has 0 unspecified atom stereocenters. The van der Waals surface area contributed by atoms with Crippen molar-refractivity contribution in [3.05, 3.63) is 24.3 Å². The van der Waals surface area contributed by atoms with Crippen molar-refractivity contribution in [3.8, 4) is 0 Å². The van der Waals surface area contributed by atoms with E-state index < -0.39 is 15.9 Å². The van der Waals surface area contributed by atoms with Gasteiger partial charge in [0.2, 0.25) is 15.9 Å². The minimum Gasteiger partial charge on any atom is -0.321 e. The minimum atomic E-state index is -3.38. The Labute approximate surface area is 121 Å². The monoisotopic (exact) mass is 310 g/mol. The fourth-order valence-corrected chi connectivity index (χ4v) is 2.27. The maximum atomic E-state index is 11.9. The Balaban J connectivity index is 2.08. The van der Waals surface area contributed by atoms with Crippen molar-refractivity contribution in [3.63, 3.8) is 0 Å². The number of carbonyl (C=O) groups excluding carboxylic acids is 2. The van der Waals surface area contributed by atoms with Gasteiger partial charge in [0, 0.05) is 18.5 Å². The van der Waals surface area contributed by atoms with Crippen molar-refractivity contribution in [1.82, 2.24) is 5.43 Å². The lowest BCUT2D eigenvalue weighted by Crippen LogP contribution is -2.32. The van der Waals surface area contributed by atoms with Crippen LogP contribution in [0.1, 0.15) is 12.8 Å².